The zero-order chi connectivity index (χ0) is 25.5. The van der Waals surface area contributed by atoms with Crippen molar-refractivity contribution in [3.8, 4) is 23.0 Å². The molecule has 1 aliphatic heterocycles. The molecule has 0 aliphatic carbocycles. The Hall–Kier alpha value is -3.57. The molecular weight excluding hydrogens is 482 g/mol. The number of ether oxygens (including phenoxy) is 4. The number of anilines is 2. The van der Waals surface area contributed by atoms with Gasteiger partial charge in [-0.1, -0.05) is 11.3 Å². The largest absolute Gasteiger partial charge is 0.497 e. The van der Waals surface area contributed by atoms with Crippen molar-refractivity contribution in [3.63, 3.8) is 0 Å². The number of methoxy groups -OCH3 is 4. The predicted molar refractivity (Wildman–Crippen MR) is 139 cm³/mol. The molecule has 11 heteroatoms. The van der Waals surface area contributed by atoms with Crippen molar-refractivity contribution in [2.45, 2.75) is 6.42 Å². The molecule has 0 atom stereocenters. The molecule has 0 saturated carbocycles. The number of nitrogens with zero attached hydrogens (tertiary/aromatic N) is 4. The summed E-state index contributed by atoms with van der Waals surface area (Å²) in [6.07, 6.45) is 0.778. The molecule has 2 heterocycles. The van der Waals surface area contributed by atoms with E-state index >= 15 is 0 Å². The van der Waals surface area contributed by atoms with Gasteiger partial charge in [0, 0.05) is 50.4 Å². The van der Waals surface area contributed by atoms with Crippen LogP contribution in [0.15, 0.2) is 36.4 Å². The van der Waals surface area contributed by atoms with Gasteiger partial charge in [-0.3, -0.25) is 15.0 Å². The highest BCUT2D eigenvalue weighted by molar-refractivity contribution is 7.15. The Bertz CT molecular complexity index is 1140. The first-order valence-corrected chi connectivity index (χ1v) is 12.4. The molecule has 1 saturated heterocycles. The van der Waals surface area contributed by atoms with Crippen LogP contribution in [0.3, 0.4) is 0 Å². The van der Waals surface area contributed by atoms with Crippen LogP contribution >= 0.6 is 11.3 Å². The molecule has 36 heavy (non-hydrogen) atoms. The first-order chi connectivity index (χ1) is 17.5. The number of aromatic nitrogens is 2. The zero-order valence-electron chi connectivity index (χ0n) is 20.9. The summed E-state index contributed by atoms with van der Waals surface area (Å²) in [5.74, 6) is 1.79. The number of rotatable bonds is 10. The van der Waals surface area contributed by atoms with Crippen LogP contribution in [0.25, 0.3) is 0 Å². The van der Waals surface area contributed by atoms with E-state index in [2.05, 4.69) is 37.4 Å². The molecule has 1 N–H and O–H groups in total. The van der Waals surface area contributed by atoms with Crippen molar-refractivity contribution in [1.82, 2.24) is 15.1 Å². The van der Waals surface area contributed by atoms with Crippen molar-refractivity contribution < 1.29 is 23.7 Å². The number of nitrogens with one attached hydrogen (secondary N) is 1. The van der Waals surface area contributed by atoms with E-state index < -0.39 is 0 Å². The van der Waals surface area contributed by atoms with Crippen LogP contribution in [0.2, 0.25) is 0 Å². The number of amides is 1. The van der Waals surface area contributed by atoms with E-state index in [9.17, 15) is 4.79 Å². The van der Waals surface area contributed by atoms with E-state index in [0.29, 0.717) is 27.9 Å². The molecular formula is C25H31N5O5S. The van der Waals surface area contributed by atoms with Crippen molar-refractivity contribution in [1.29, 1.82) is 0 Å². The standard InChI is InChI=1S/C25H31N5O5S/c1-32-19-7-5-18(6-8-19)30-13-11-29(12-14-30)10-9-22-27-28-25(36-22)26-24(31)17-15-20(33-2)23(35-4)21(16-17)34-3/h5-8,15-16H,9-14H2,1-4H3,(H,26,28,31). The third kappa shape index (κ3) is 5.97. The summed E-state index contributed by atoms with van der Waals surface area (Å²) in [6, 6.07) is 11.4. The summed E-state index contributed by atoms with van der Waals surface area (Å²) >= 11 is 1.38. The monoisotopic (exact) mass is 513 g/mol. The molecule has 192 valence electrons. The van der Waals surface area contributed by atoms with Crippen molar-refractivity contribution in [3.05, 3.63) is 47.0 Å². The fourth-order valence-corrected chi connectivity index (χ4v) is 4.79. The Morgan fingerprint density at radius 3 is 2.17 bits per heavy atom. The maximum absolute atomic E-state index is 12.8. The van der Waals surface area contributed by atoms with E-state index in [1.807, 2.05) is 12.1 Å². The number of hydrogen-bond donors (Lipinski definition) is 1. The average molecular weight is 514 g/mol. The van der Waals surface area contributed by atoms with Crippen LogP contribution in [-0.2, 0) is 6.42 Å². The van der Waals surface area contributed by atoms with Gasteiger partial charge < -0.3 is 23.8 Å². The van der Waals surface area contributed by atoms with Gasteiger partial charge in [-0.05, 0) is 36.4 Å². The first kappa shape index (κ1) is 25.5. The number of benzene rings is 2. The summed E-state index contributed by atoms with van der Waals surface area (Å²) < 4.78 is 21.2. The normalized spacial score (nSPS) is 13.8. The van der Waals surface area contributed by atoms with Crippen LogP contribution in [0.4, 0.5) is 10.8 Å². The maximum Gasteiger partial charge on any atom is 0.257 e. The molecule has 4 rings (SSSR count). The summed E-state index contributed by atoms with van der Waals surface area (Å²) in [4.78, 5) is 17.6. The number of piperazine rings is 1. The minimum absolute atomic E-state index is 0.327. The molecule has 1 fully saturated rings. The SMILES string of the molecule is COc1ccc(N2CCN(CCc3nnc(NC(=O)c4cc(OC)c(OC)c(OC)c4)s3)CC2)cc1. The highest BCUT2D eigenvalue weighted by Crippen LogP contribution is 2.38. The highest BCUT2D eigenvalue weighted by Gasteiger charge is 2.20. The van der Waals surface area contributed by atoms with Gasteiger partial charge >= 0.3 is 0 Å². The van der Waals surface area contributed by atoms with Gasteiger partial charge in [0.15, 0.2) is 11.5 Å². The molecule has 10 nitrogen and oxygen atoms in total. The summed E-state index contributed by atoms with van der Waals surface area (Å²) in [5, 5.41) is 12.5. The molecule has 2 aromatic carbocycles. The van der Waals surface area contributed by atoms with Crippen LogP contribution < -0.4 is 29.2 Å². The lowest BCUT2D eigenvalue weighted by Gasteiger charge is -2.36. The quantitative estimate of drug-likeness (QED) is 0.438. The molecule has 0 spiro atoms. The highest BCUT2D eigenvalue weighted by atomic mass is 32.1. The second-order valence-corrected chi connectivity index (χ2v) is 9.21. The van der Waals surface area contributed by atoms with Crippen LogP contribution in [0, 0.1) is 0 Å². The van der Waals surface area contributed by atoms with Crippen molar-refractivity contribution in [2.24, 2.45) is 0 Å². The topological polar surface area (TPSA) is 98.3 Å². The van der Waals surface area contributed by atoms with E-state index in [1.165, 1.54) is 38.4 Å². The summed E-state index contributed by atoms with van der Waals surface area (Å²) in [7, 11) is 6.21. The minimum atomic E-state index is -0.327. The predicted octanol–water partition coefficient (Wildman–Crippen LogP) is 3.19. The van der Waals surface area contributed by atoms with Crippen molar-refractivity contribution in [2.75, 3.05) is 71.4 Å². The maximum atomic E-state index is 12.8. The number of carbonyl (C=O) groups excluding carboxylic acids is 1. The second-order valence-electron chi connectivity index (χ2n) is 8.15. The lowest BCUT2D eigenvalue weighted by molar-refractivity contribution is 0.102. The van der Waals surface area contributed by atoms with Crippen LogP contribution in [0.5, 0.6) is 23.0 Å². The second kappa shape index (κ2) is 11.9. The van der Waals surface area contributed by atoms with Crippen molar-refractivity contribution >= 4 is 28.1 Å². The molecule has 3 aromatic rings. The van der Waals surface area contributed by atoms with E-state index in [0.717, 1.165) is 49.9 Å². The first-order valence-electron chi connectivity index (χ1n) is 11.6. The van der Waals surface area contributed by atoms with Gasteiger partial charge in [0.05, 0.1) is 28.4 Å². The lowest BCUT2D eigenvalue weighted by atomic mass is 10.1. The van der Waals surface area contributed by atoms with Crippen LogP contribution in [-0.4, -0.2) is 82.2 Å². The molecule has 1 amide bonds. The summed E-state index contributed by atoms with van der Waals surface area (Å²) in [6.45, 7) is 4.80. The lowest BCUT2D eigenvalue weighted by Crippen LogP contribution is -2.46. The smallest absolute Gasteiger partial charge is 0.257 e. The Kier molecular flexibility index (Phi) is 8.44. The fourth-order valence-electron chi connectivity index (χ4n) is 4.06. The number of carbonyl (C=O) groups is 1. The zero-order valence-corrected chi connectivity index (χ0v) is 21.8. The average Bonchev–Trinajstić information content (AvgIpc) is 3.38. The van der Waals surface area contributed by atoms with Gasteiger partial charge in [-0.25, -0.2) is 0 Å². The molecule has 0 bridgehead atoms. The molecule has 0 unspecified atom stereocenters. The summed E-state index contributed by atoms with van der Waals surface area (Å²) in [5.41, 5.74) is 1.59. The van der Waals surface area contributed by atoms with Gasteiger partial charge in [0.25, 0.3) is 5.91 Å². The van der Waals surface area contributed by atoms with Crippen LogP contribution in [0.1, 0.15) is 15.4 Å². The van der Waals surface area contributed by atoms with Gasteiger partial charge in [-0.15, -0.1) is 10.2 Å². The van der Waals surface area contributed by atoms with E-state index in [4.69, 9.17) is 18.9 Å². The third-order valence-corrected chi connectivity index (χ3v) is 6.96. The Labute approximate surface area is 214 Å². The third-order valence-electron chi connectivity index (χ3n) is 6.07. The Balaban J connectivity index is 1.28. The number of hydrogen-bond acceptors (Lipinski definition) is 10. The van der Waals surface area contributed by atoms with E-state index in [1.54, 1.807) is 19.2 Å². The van der Waals surface area contributed by atoms with Gasteiger partial charge in [0.2, 0.25) is 10.9 Å². The van der Waals surface area contributed by atoms with Gasteiger partial charge in [-0.2, -0.15) is 0 Å². The minimum Gasteiger partial charge on any atom is -0.497 e. The Morgan fingerprint density at radius 1 is 0.917 bits per heavy atom. The molecule has 0 radical (unpaired) electrons. The van der Waals surface area contributed by atoms with Gasteiger partial charge in [0.1, 0.15) is 10.8 Å². The fraction of sp³-hybridized carbons (Fsp3) is 0.400. The Morgan fingerprint density at radius 2 is 1.58 bits per heavy atom. The molecule has 1 aliphatic rings. The van der Waals surface area contributed by atoms with E-state index in [-0.39, 0.29) is 5.91 Å². The molecule has 1 aromatic heterocycles.